The Kier molecular flexibility index (Phi) is 4.50. The van der Waals surface area contributed by atoms with Gasteiger partial charge in [0.15, 0.2) is 0 Å². The predicted octanol–water partition coefficient (Wildman–Crippen LogP) is 4.74. The zero-order valence-electron chi connectivity index (χ0n) is 17.0. The van der Waals surface area contributed by atoms with Crippen molar-refractivity contribution in [3.8, 4) is 11.3 Å². The van der Waals surface area contributed by atoms with Gasteiger partial charge in [-0.3, -0.25) is 10.4 Å². The molecule has 0 unspecified atom stereocenters. The van der Waals surface area contributed by atoms with Gasteiger partial charge in [0.2, 0.25) is 0 Å². The largest absolute Gasteiger partial charge is 0.443 e. The summed E-state index contributed by atoms with van der Waals surface area (Å²) in [6.45, 7) is 5.25. The number of benzene rings is 2. The van der Waals surface area contributed by atoms with Crippen LogP contribution in [0.1, 0.15) is 29.1 Å². The first-order valence-electron chi connectivity index (χ1n) is 10.1. The molecule has 2 N–H and O–H groups in total. The second kappa shape index (κ2) is 7.33. The van der Waals surface area contributed by atoms with Crippen LogP contribution in [0.15, 0.2) is 42.5 Å². The van der Waals surface area contributed by atoms with Crippen LogP contribution >= 0.6 is 0 Å². The Balaban J connectivity index is 1.22. The van der Waals surface area contributed by atoms with Crippen molar-refractivity contribution in [3.05, 3.63) is 65.1 Å². The maximum absolute atomic E-state index is 12.2. The van der Waals surface area contributed by atoms with Crippen molar-refractivity contribution in [2.24, 2.45) is 0 Å². The van der Waals surface area contributed by atoms with E-state index in [0.29, 0.717) is 5.69 Å². The topological polar surface area (TPSA) is 84.8 Å². The van der Waals surface area contributed by atoms with Crippen molar-refractivity contribution in [3.63, 3.8) is 0 Å². The number of H-pyrrole nitrogens is 1. The Morgan fingerprint density at radius 3 is 2.97 bits per heavy atom. The van der Waals surface area contributed by atoms with E-state index in [1.807, 2.05) is 24.3 Å². The average molecular weight is 401 g/mol. The third kappa shape index (κ3) is 3.43. The lowest BCUT2D eigenvalue weighted by atomic mass is 10.0. The second-order valence-corrected chi connectivity index (χ2v) is 7.78. The van der Waals surface area contributed by atoms with E-state index in [0.717, 1.165) is 58.8 Å². The second-order valence-electron chi connectivity index (χ2n) is 7.78. The SMILES string of the molecule is Cc1ccc(-c2cc(COC(=O)Nc3ccc4c(c3)nc3n4CCC3)[nH]n2)c(C)c1. The van der Waals surface area contributed by atoms with Crippen LogP contribution in [0, 0.1) is 13.8 Å². The van der Waals surface area contributed by atoms with Gasteiger partial charge in [-0.1, -0.05) is 23.8 Å². The molecule has 3 heterocycles. The van der Waals surface area contributed by atoms with E-state index in [1.54, 1.807) is 0 Å². The van der Waals surface area contributed by atoms with Gasteiger partial charge in [0.05, 0.1) is 22.4 Å². The fourth-order valence-electron chi connectivity index (χ4n) is 4.06. The van der Waals surface area contributed by atoms with Crippen LogP contribution in [0.25, 0.3) is 22.3 Å². The number of aromatic amines is 1. The average Bonchev–Trinajstić information content (AvgIpc) is 3.42. The van der Waals surface area contributed by atoms with Gasteiger partial charge < -0.3 is 9.30 Å². The highest BCUT2D eigenvalue weighted by atomic mass is 16.5. The molecule has 1 aliphatic rings. The molecular formula is C23H23N5O2. The van der Waals surface area contributed by atoms with E-state index in [4.69, 9.17) is 4.74 Å². The minimum Gasteiger partial charge on any atom is -0.443 e. The summed E-state index contributed by atoms with van der Waals surface area (Å²) >= 11 is 0. The molecule has 7 heteroatoms. The highest BCUT2D eigenvalue weighted by molar-refractivity contribution is 5.89. The first-order chi connectivity index (χ1) is 14.6. The van der Waals surface area contributed by atoms with E-state index >= 15 is 0 Å². The molecule has 0 aliphatic carbocycles. The lowest BCUT2D eigenvalue weighted by Gasteiger charge is -2.06. The molecule has 5 rings (SSSR count). The molecule has 7 nitrogen and oxygen atoms in total. The summed E-state index contributed by atoms with van der Waals surface area (Å²) in [5, 5.41) is 10.1. The molecule has 0 spiro atoms. The zero-order valence-corrected chi connectivity index (χ0v) is 17.0. The van der Waals surface area contributed by atoms with Gasteiger partial charge in [0, 0.05) is 24.2 Å². The van der Waals surface area contributed by atoms with Crippen LogP contribution in [-0.4, -0.2) is 25.8 Å². The molecule has 1 amide bonds. The first-order valence-corrected chi connectivity index (χ1v) is 10.1. The smallest absolute Gasteiger partial charge is 0.412 e. The number of hydrogen-bond acceptors (Lipinski definition) is 4. The summed E-state index contributed by atoms with van der Waals surface area (Å²) in [7, 11) is 0. The highest BCUT2D eigenvalue weighted by Gasteiger charge is 2.16. The van der Waals surface area contributed by atoms with E-state index < -0.39 is 6.09 Å². The third-order valence-electron chi connectivity index (χ3n) is 5.50. The Hall–Kier alpha value is -3.61. The molecular weight excluding hydrogens is 378 g/mol. The molecule has 0 saturated carbocycles. The Morgan fingerprint density at radius 1 is 1.20 bits per heavy atom. The number of carbonyl (C=O) groups is 1. The molecule has 2 aromatic heterocycles. The molecule has 1 aliphatic heterocycles. The van der Waals surface area contributed by atoms with Crippen molar-refractivity contribution in [1.29, 1.82) is 0 Å². The molecule has 30 heavy (non-hydrogen) atoms. The van der Waals surface area contributed by atoms with Gasteiger partial charge in [-0.15, -0.1) is 0 Å². The molecule has 0 saturated heterocycles. The summed E-state index contributed by atoms with van der Waals surface area (Å²) in [4.78, 5) is 16.9. The Morgan fingerprint density at radius 2 is 2.10 bits per heavy atom. The summed E-state index contributed by atoms with van der Waals surface area (Å²) < 4.78 is 7.60. The quantitative estimate of drug-likeness (QED) is 0.517. The van der Waals surface area contributed by atoms with E-state index in [1.165, 1.54) is 5.56 Å². The summed E-state index contributed by atoms with van der Waals surface area (Å²) in [6.07, 6.45) is 1.64. The van der Waals surface area contributed by atoms with E-state index in [9.17, 15) is 4.79 Å². The van der Waals surface area contributed by atoms with Crippen molar-refractivity contribution in [2.45, 2.75) is 39.8 Å². The Bertz CT molecular complexity index is 1250. The van der Waals surface area contributed by atoms with Crippen molar-refractivity contribution < 1.29 is 9.53 Å². The summed E-state index contributed by atoms with van der Waals surface area (Å²) in [6, 6.07) is 13.9. The number of hydrogen-bond donors (Lipinski definition) is 2. The molecule has 0 atom stereocenters. The maximum Gasteiger partial charge on any atom is 0.412 e. The molecule has 0 radical (unpaired) electrons. The minimum absolute atomic E-state index is 0.116. The van der Waals surface area contributed by atoms with Gasteiger partial charge in [0.1, 0.15) is 12.4 Å². The van der Waals surface area contributed by atoms with Crippen LogP contribution in [0.2, 0.25) is 0 Å². The van der Waals surface area contributed by atoms with Gasteiger partial charge in [0.25, 0.3) is 0 Å². The number of imidazole rings is 1. The number of amides is 1. The van der Waals surface area contributed by atoms with E-state index in [-0.39, 0.29) is 6.61 Å². The minimum atomic E-state index is -0.510. The number of aromatic nitrogens is 4. The van der Waals surface area contributed by atoms with Crippen LogP contribution in [0.4, 0.5) is 10.5 Å². The van der Waals surface area contributed by atoms with Crippen LogP contribution in [-0.2, 0) is 24.3 Å². The molecule has 2 aromatic carbocycles. The number of rotatable bonds is 4. The third-order valence-corrected chi connectivity index (χ3v) is 5.50. The van der Waals surface area contributed by atoms with Crippen LogP contribution < -0.4 is 5.32 Å². The molecule has 0 fully saturated rings. The van der Waals surface area contributed by atoms with Gasteiger partial charge in [-0.05, 0) is 50.1 Å². The van der Waals surface area contributed by atoms with Gasteiger partial charge in [-0.2, -0.15) is 5.10 Å². The normalized spacial score (nSPS) is 12.9. The van der Waals surface area contributed by atoms with Gasteiger partial charge in [-0.25, -0.2) is 9.78 Å². The number of fused-ring (bicyclic) bond motifs is 3. The fourth-order valence-corrected chi connectivity index (χ4v) is 4.06. The molecule has 0 bridgehead atoms. The maximum atomic E-state index is 12.2. The van der Waals surface area contributed by atoms with Crippen molar-refractivity contribution in [1.82, 2.24) is 19.7 Å². The van der Waals surface area contributed by atoms with E-state index in [2.05, 4.69) is 57.1 Å². The van der Waals surface area contributed by atoms with Gasteiger partial charge >= 0.3 is 6.09 Å². The predicted molar refractivity (Wildman–Crippen MR) is 115 cm³/mol. The number of nitrogens with zero attached hydrogens (tertiary/aromatic N) is 3. The van der Waals surface area contributed by atoms with Crippen molar-refractivity contribution >= 4 is 22.8 Å². The molecule has 4 aromatic rings. The number of anilines is 1. The van der Waals surface area contributed by atoms with Crippen LogP contribution in [0.5, 0.6) is 0 Å². The number of ether oxygens (including phenoxy) is 1. The van der Waals surface area contributed by atoms with Crippen LogP contribution in [0.3, 0.4) is 0 Å². The number of carbonyl (C=O) groups excluding carboxylic acids is 1. The standard InChI is InChI=1S/C23H23N5O2/c1-14-5-7-18(15(2)10-14)19-12-17(26-27-19)13-30-23(29)24-16-6-8-21-20(11-16)25-22-4-3-9-28(21)22/h5-8,10-12H,3-4,9,13H2,1-2H3,(H,24,29)(H,26,27). The summed E-state index contributed by atoms with van der Waals surface area (Å²) in [5.74, 6) is 1.11. The summed E-state index contributed by atoms with van der Waals surface area (Å²) in [5.41, 5.74) is 7.69. The first kappa shape index (κ1) is 18.4. The number of aryl methyl sites for hydroxylation is 4. The zero-order chi connectivity index (χ0) is 20.7. The monoisotopic (exact) mass is 401 g/mol. The number of nitrogens with one attached hydrogen (secondary N) is 2. The molecule has 152 valence electrons. The lowest BCUT2D eigenvalue weighted by molar-refractivity contribution is 0.153. The fraction of sp³-hybridized carbons (Fsp3) is 0.261. The highest BCUT2D eigenvalue weighted by Crippen LogP contribution is 2.26. The Labute approximate surface area is 174 Å². The lowest BCUT2D eigenvalue weighted by Crippen LogP contribution is -2.13. The van der Waals surface area contributed by atoms with Crippen molar-refractivity contribution in [2.75, 3.05) is 5.32 Å².